The lowest BCUT2D eigenvalue weighted by molar-refractivity contribution is -0.113. The molecule has 0 unspecified atom stereocenters. The van der Waals surface area contributed by atoms with Crippen LogP contribution in [0.4, 0.5) is 0 Å². The number of aliphatic imine (C=N–C) groups is 1. The summed E-state index contributed by atoms with van der Waals surface area (Å²) >= 11 is 0. The Hall–Kier alpha value is -1.12. The lowest BCUT2D eigenvalue weighted by atomic mass is 9.81. The van der Waals surface area contributed by atoms with Crippen LogP contribution in [-0.4, -0.2) is 18.7 Å². The molecule has 1 aliphatic heterocycles. The Bertz CT molecular complexity index is 274. The van der Waals surface area contributed by atoms with Crippen LogP contribution >= 0.6 is 0 Å². The summed E-state index contributed by atoms with van der Waals surface area (Å²) in [5.41, 5.74) is 0.869. The van der Waals surface area contributed by atoms with Crippen LogP contribution in [0.3, 0.4) is 0 Å². The van der Waals surface area contributed by atoms with E-state index < -0.39 is 0 Å². The number of carbonyl (C=O) groups excluding carboxylic acids is 1. The highest BCUT2D eigenvalue weighted by molar-refractivity contribution is 6.16. The van der Waals surface area contributed by atoms with Crippen LogP contribution < -0.4 is 0 Å². The molecule has 0 spiro atoms. The third-order valence-electron chi connectivity index (χ3n) is 2.45. The van der Waals surface area contributed by atoms with Crippen molar-refractivity contribution < 1.29 is 9.53 Å². The molecule has 1 heterocycles. The van der Waals surface area contributed by atoms with E-state index in [9.17, 15) is 4.79 Å². The molecule has 0 aromatic rings. The molecule has 1 aliphatic carbocycles. The molecule has 64 valence electrons. The van der Waals surface area contributed by atoms with Gasteiger partial charge < -0.3 is 4.74 Å². The predicted molar refractivity (Wildman–Crippen MR) is 44.9 cm³/mol. The van der Waals surface area contributed by atoms with E-state index in [1.54, 1.807) is 7.11 Å². The number of methoxy groups -OCH3 is 1. The van der Waals surface area contributed by atoms with Gasteiger partial charge in [0, 0.05) is 12.0 Å². The summed E-state index contributed by atoms with van der Waals surface area (Å²) in [6, 6.07) is 0. The van der Waals surface area contributed by atoms with Crippen molar-refractivity contribution in [3.63, 3.8) is 0 Å². The van der Waals surface area contributed by atoms with E-state index in [1.165, 1.54) is 12.5 Å². The Morgan fingerprint density at radius 1 is 1.58 bits per heavy atom. The molecule has 1 fully saturated rings. The number of nitrogens with zero attached hydrogens (tertiary/aromatic N) is 1. The number of carbonyl (C=O) groups is 1. The molecule has 0 N–H and O–H groups in total. The van der Waals surface area contributed by atoms with E-state index in [1.807, 2.05) is 0 Å². The largest absolute Gasteiger partial charge is 0.495 e. The molecule has 0 atom stereocenters. The molecule has 2 aliphatic rings. The average Bonchev–Trinajstić information content (AvgIpc) is 2.27. The molecule has 0 aromatic carbocycles. The Labute approximate surface area is 71.1 Å². The summed E-state index contributed by atoms with van der Waals surface area (Å²) in [5, 5.41) is 0. The number of amides is 1. The molecular formula is C9H11NO2. The minimum Gasteiger partial charge on any atom is -0.495 e. The first-order valence-electron chi connectivity index (χ1n) is 4.20. The molecule has 0 radical (unpaired) electrons. The van der Waals surface area contributed by atoms with Crippen molar-refractivity contribution in [2.24, 2.45) is 10.9 Å². The van der Waals surface area contributed by atoms with Crippen molar-refractivity contribution in [3.05, 3.63) is 11.8 Å². The Kier molecular flexibility index (Phi) is 1.71. The summed E-state index contributed by atoms with van der Waals surface area (Å²) in [6.07, 6.45) is 5.00. The quantitative estimate of drug-likeness (QED) is 0.618. The fraction of sp³-hybridized carbons (Fsp3) is 0.556. The maximum absolute atomic E-state index is 10.9. The maximum atomic E-state index is 10.9. The van der Waals surface area contributed by atoms with Gasteiger partial charge in [-0.05, 0) is 12.8 Å². The van der Waals surface area contributed by atoms with Crippen molar-refractivity contribution in [2.75, 3.05) is 7.11 Å². The fourth-order valence-corrected chi connectivity index (χ4v) is 1.53. The SMILES string of the molecule is COC1=CC(=O)N=C1C1CCC1. The second-order valence-corrected chi connectivity index (χ2v) is 3.18. The van der Waals surface area contributed by atoms with Gasteiger partial charge in [-0.1, -0.05) is 6.42 Å². The summed E-state index contributed by atoms with van der Waals surface area (Å²) in [5.74, 6) is 0.973. The summed E-state index contributed by atoms with van der Waals surface area (Å²) < 4.78 is 5.06. The van der Waals surface area contributed by atoms with Gasteiger partial charge in [-0.15, -0.1) is 0 Å². The highest BCUT2D eigenvalue weighted by Gasteiger charge is 2.30. The first-order valence-corrected chi connectivity index (χ1v) is 4.20. The van der Waals surface area contributed by atoms with Gasteiger partial charge in [0.15, 0.2) is 0 Å². The molecular weight excluding hydrogens is 154 g/mol. The number of hydrogen-bond acceptors (Lipinski definition) is 2. The smallest absolute Gasteiger partial charge is 0.273 e. The van der Waals surface area contributed by atoms with Crippen molar-refractivity contribution in [3.8, 4) is 0 Å². The second kappa shape index (κ2) is 2.73. The van der Waals surface area contributed by atoms with Crippen LogP contribution in [0.2, 0.25) is 0 Å². The zero-order valence-electron chi connectivity index (χ0n) is 7.04. The monoisotopic (exact) mass is 165 g/mol. The minimum absolute atomic E-state index is 0.172. The highest BCUT2D eigenvalue weighted by atomic mass is 16.5. The zero-order chi connectivity index (χ0) is 8.55. The molecule has 3 heteroatoms. The normalized spacial score (nSPS) is 23.2. The van der Waals surface area contributed by atoms with E-state index in [0.717, 1.165) is 18.6 Å². The summed E-state index contributed by atoms with van der Waals surface area (Å²) in [7, 11) is 1.58. The van der Waals surface area contributed by atoms with Gasteiger partial charge in [-0.2, -0.15) is 0 Å². The van der Waals surface area contributed by atoms with Crippen LogP contribution in [0.25, 0.3) is 0 Å². The maximum Gasteiger partial charge on any atom is 0.273 e. The van der Waals surface area contributed by atoms with Crippen molar-refractivity contribution in [1.82, 2.24) is 0 Å². The number of hydrogen-bond donors (Lipinski definition) is 0. The zero-order valence-corrected chi connectivity index (χ0v) is 7.04. The van der Waals surface area contributed by atoms with Gasteiger partial charge in [0.1, 0.15) is 5.76 Å². The number of allylic oxidation sites excluding steroid dienone is 1. The third-order valence-corrected chi connectivity index (χ3v) is 2.45. The third kappa shape index (κ3) is 1.05. The van der Waals surface area contributed by atoms with Gasteiger partial charge >= 0.3 is 0 Å². The molecule has 12 heavy (non-hydrogen) atoms. The summed E-state index contributed by atoms with van der Waals surface area (Å²) in [4.78, 5) is 14.8. The topological polar surface area (TPSA) is 38.7 Å². The van der Waals surface area contributed by atoms with E-state index in [0.29, 0.717) is 11.7 Å². The fourth-order valence-electron chi connectivity index (χ4n) is 1.53. The van der Waals surface area contributed by atoms with E-state index in [-0.39, 0.29) is 5.91 Å². The van der Waals surface area contributed by atoms with Crippen LogP contribution in [0.15, 0.2) is 16.8 Å². The average molecular weight is 165 g/mol. The van der Waals surface area contributed by atoms with Crippen LogP contribution in [-0.2, 0) is 9.53 Å². The number of ether oxygens (including phenoxy) is 1. The van der Waals surface area contributed by atoms with Gasteiger partial charge in [-0.3, -0.25) is 4.79 Å². The molecule has 0 aromatic heterocycles. The van der Waals surface area contributed by atoms with Crippen molar-refractivity contribution in [2.45, 2.75) is 19.3 Å². The van der Waals surface area contributed by atoms with Crippen LogP contribution in [0.5, 0.6) is 0 Å². The lowest BCUT2D eigenvalue weighted by Gasteiger charge is -2.25. The summed E-state index contributed by atoms with van der Waals surface area (Å²) in [6.45, 7) is 0. The second-order valence-electron chi connectivity index (χ2n) is 3.18. The van der Waals surface area contributed by atoms with Crippen LogP contribution in [0, 0.1) is 5.92 Å². The molecule has 2 rings (SSSR count). The lowest BCUT2D eigenvalue weighted by Crippen LogP contribution is -2.23. The molecule has 1 amide bonds. The minimum atomic E-state index is -0.172. The Morgan fingerprint density at radius 2 is 2.33 bits per heavy atom. The Balaban J connectivity index is 2.18. The molecule has 1 saturated carbocycles. The van der Waals surface area contributed by atoms with Crippen molar-refractivity contribution >= 4 is 11.6 Å². The van der Waals surface area contributed by atoms with Crippen molar-refractivity contribution in [1.29, 1.82) is 0 Å². The van der Waals surface area contributed by atoms with Gasteiger partial charge in [0.2, 0.25) is 0 Å². The Morgan fingerprint density at radius 3 is 2.83 bits per heavy atom. The molecule has 3 nitrogen and oxygen atoms in total. The first kappa shape index (κ1) is 7.53. The highest BCUT2D eigenvalue weighted by Crippen LogP contribution is 2.32. The predicted octanol–water partition coefficient (Wildman–Crippen LogP) is 1.30. The van der Waals surface area contributed by atoms with E-state index >= 15 is 0 Å². The van der Waals surface area contributed by atoms with Crippen LogP contribution in [0.1, 0.15) is 19.3 Å². The molecule has 0 bridgehead atoms. The van der Waals surface area contributed by atoms with Gasteiger partial charge in [-0.25, -0.2) is 4.99 Å². The standard InChI is InChI=1S/C9H11NO2/c1-12-7-5-8(11)10-9(7)6-3-2-4-6/h5-6H,2-4H2,1H3. The van der Waals surface area contributed by atoms with Gasteiger partial charge in [0.25, 0.3) is 5.91 Å². The van der Waals surface area contributed by atoms with E-state index in [2.05, 4.69) is 4.99 Å². The number of rotatable bonds is 2. The molecule has 0 saturated heterocycles. The van der Waals surface area contributed by atoms with E-state index in [4.69, 9.17) is 4.74 Å². The van der Waals surface area contributed by atoms with Gasteiger partial charge in [0.05, 0.1) is 12.8 Å². The first-order chi connectivity index (χ1) is 5.81.